The van der Waals surface area contributed by atoms with E-state index in [2.05, 4.69) is 58.6 Å². The van der Waals surface area contributed by atoms with Crippen LogP contribution in [0.5, 0.6) is 0 Å². The summed E-state index contributed by atoms with van der Waals surface area (Å²) in [6.07, 6.45) is 1.23. The minimum absolute atomic E-state index is 0. The zero-order chi connectivity index (χ0) is 22.1. The average molecular weight is 559 g/mol. The number of halogens is 1. The SMILES string of the molecule is CCN(CC)Cc1cccc(CNC(=NC)NCc2ccc(S(C)(=O)=O)c(C)c2)c1.I. The van der Waals surface area contributed by atoms with Gasteiger partial charge in [-0.05, 0) is 48.3 Å². The molecule has 2 N–H and O–H groups in total. The number of rotatable bonds is 9. The number of benzene rings is 2. The lowest BCUT2D eigenvalue weighted by atomic mass is 10.1. The molecule has 0 spiro atoms. The van der Waals surface area contributed by atoms with E-state index in [0.717, 1.165) is 30.8 Å². The Balaban J connectivity index is 0.00000480. The van der Waals surface area contributed by atoms with Crippen LogP contribution in [0.2, 0.25) is 0 Å². The molecule has 8 heteroatoms. The summed E-state index contributed by atoms with van der Waals surface area (Å²) in [5.41, 5.74) is 4.27. The quantitative estimate of drug-likeness (QED) is 0.279. The number of nitrogens with zero attached hydrogens (tertiary/aromatic N) is 2. The van der Waals surface area contributed by atoms with Gasteiger partial charge < -0.3 is 10.6 Å². The van der Waals surface area contributed by atoms with Crippen LogP contribution in [-0.4, -0.2) is 45.7 Å². The average Bonchev–Trinajstić information content (AvgIpc) is 2.71. The first-order valence-corrected chi connectivity index (χ1v) is 12.2. The summed E-state index contributed by atoms with van der Waals surface area (Å²) in [6, 6.07) is 14.0. The zero-order valence-electron chi connectivity index (χ0n) is 19.1. The Bertz CT molecular complexity index is 973. The third-order valence-electron chi connectivity index (χ3n) is 5.07. The first-order valence-electron chi connectivity index (χ1n) is 10.3. The van der Waals surface area contributed by atoms with Gasteiger partial charge in [-0.3, -0.25) is 9.89 Å². The lowest BCUT2D eigenvalue weighted by Gasteiger charge is -2.18. The van der Waals surface area contributed by atoms with E-state index in [-0.39, 0.29) is 24.0 Å². The second-order valence-electron chi connectivity index (χ2n) is 7.43. The lowest BCUT2D eigenvalue weighted by Crippen LogP contribution is -2.36. The summed E-state index contributed by atoms with van der Waals surface area (Å²) in [7, 11) is -1.46. The van der Waals surface area contributed by atoms with Crippen molar-refractivity contribution in [3.05, 3.63) is 64.7 Å². The number of hydrogen-bond acceptors (Lipinski definition) is 4. The number of nitrogens with one attached hydrogen (secondary N) is 2. The van der Waals surface area contributed by atoms with Crippen LogP contribution in [0.3, 0.4) is 0 Å². The smallest absolute Gasteiger partial charge is 0.191 e. The monoisotopic (exact) mass is 558 g/mol. The molecule has 0 saturated heterocycles. The Kier molecular flexibility index (Phi) is 11.5. The summed E-state index contributed by atoms with van der Waals surface area (Å²) in [4.78, 5) is 7.05. The molecule has 2 aromatic carbocycles. The molecule has 0 bridgehead atoms. The largest absolute Gasteiger partial charge is 0.352 e. The summed E-state index contributed by atoms with van der Waals surface area (Å²) >= 11 is 0. The highest BCUT2D eigenvalue weighted by molar-refractivity contribution is 14.0. The first-order chi connectivity index (χ1) is 14.3. The zero-order valence-corrected chi connectivity index (χ0v) is 22.3. The third kappa shape index (κ3) is 8.78. The van der Waals surface area contributed by atoms with Gasteiger partial charge in [0.1, 0.15) is 0 Å². The van der Waals surface area contributed by atoms with Gasteiger partial charge in [0.25, 0.3) is 0 Å². The van der Waals surface area contributed by atoms with Crippen molar-refractivity contribution in [2.45, 2.75) is 45.3 Å². The fraction of sp³-hybridized carbons (Fsp3) is 0.435. The molecule has 0 unspecified atom stereocenters. The van der Waals surface area contributed by atoms with Crippen molar-refractivity contribution in [3.8, 4) is 0 Å². The third-order valence-corrected chi connectivity index (χ3v) is 6.33. The van der Waals surface area contributed by atoms with Crippen LogP contribution < -0.4 is 10.6 Å². The van der Waals surface area contributed by atoms with E-state index in [9.17, 15) is 8.42 Å². The second kappa shape index (κ2) is 13.0. The second-order valence-corrected chi connectivity index (χ2v) is 9.42. The minimum atomic E-state index is -3.20. The highest BCUT2D eigenvalue weighted by Crippen LogP contribution is 2.16. The highest BCUT2D eigenvalue weighted by atomic mass is 127. The maximum absolute atomic E-state index is 11.8. The Morgan fingerprint density at radius 1 is 0.968 bits per heavy atom. The van der Waals surface area contributed by atoms with Crippen LogP contribution in [-0.2, 0) is 29.5 Å². The van der Waals surface area contributed by atoms with Gasteiger partial charge in [-0.25, -0.2) is 8.42 Å². The van der Waals surface area contributed by atoms with Crippen LogP contribution in [0, 0.1) is 6.92 Å². The molecule has 2 aromatic rings. The number of aliphatic imine (C=N–C) groups is 1. The Morgan fingerprint density at radius 2 is 1.55 bits per heavy atom. The predicted octanol–water partition coefficient (Wildman–Crippen LogP) is 3.72. The molecular weight excluding hydrogens is 523 g/mol. The molecule has 0 saturated carbocycles. The van der Waals surface area contributed by atoms with E-state index in [1.807, 2.05) is 19.1 Å². The highest BCUT2D eigenvalue weighted by Gasteiger charge is 2.11. The van der Waals surface area contributed by atoms with Crippen LogP contribution in [0.15, 0.2) is 52.4 Å². The molecule has 0 radical (unpaired) electrons. The number of hydrogen-bond donors (Lipinski definition) is 2. The molecule has 6 nitrogen and oxygen atoms in total. The number of guanidine groups is 1. The van der Waals surface area contributed by atoms with E-state index in [4.69, 9.17) is 0 Å². The van der Waals surface area contributed by atoms with E-state index in [0.29, 0.717) is 23.9 Å². The molecule has 0 amide bonds. The van der Waals surface area contributed by atoms with E-state index in [1.165, 1.54) is 17.4 Å². The van der Waals surface area contributed by atoms with Crippen molar-refractivity contribution < 1.29 is 8.42 Å². The Labute approximate surface area is 204 Å². The van der Waals surface area contributed by atoms with Crippen molar-refractivity contribution in [1.82, 2.24) is 15.5 Å². The topological polar surface area (TPSA) is 73.8 Å². The normalized spacial score (nSPS) is 11.9. The van der Waals surface area contributed by atoms with Crippen molar-refractivity contribution in [2.75, 3.05) is 26.4 Å². The summed E-state index contributed by atoms with van der Waals surface area (Å²) in [5, 5.41) is 6.63. The molecule has 0 aliphatic carbocycles. The molecule has 0 aliphatic heterocycles. The summed E-state index contributed by atoms with van der Waals surface area (Å²) in [6.45, 7) is 10.5. The summed E-state index contributed by atoms with van der Waals surface area (Å²) in [5.74, 6) is 0.703. The lowest BCUT2D eigenvalue weighted by molar-refractivity contribution is 0.296. The van der Waals surface area contributed by atoms with Gasteiger partial charge in [-0.2, -0.15) is 0 Å². The summed E-state index contributed by atoms with van der Waals surface area (Å²) < 4.78 is 23.5. The van der Waals surface area contributed by atoms with Gasteiger partial charge in [0.05, 0.1) is 4.90 Å². The molecule has 0 fully saturated rings. The van der Waals surface area contributed by atoms with E-state index < -0.39 is 9.84 Å². The van der Waals surface area contributed by atoms with E-state index >= 15 is 0 Å². The molecule has 0 atom stereocenters. The maximum Gasteiger partial charge on any atom is 0.191 e. The molecule has 0 heterocycles. The number of aryl methyl sites for hydroxylation is 1. The van der Waals surface area contributed by atoms with Gasteiger partial charge in [-0.1, -0.05) is 50.2 Å². The molecule has 0 aliphatic rings. The minimum Gasteiger partial charge on any atom is -0.352 e. The number of sulfone groups is 1. The van der Waals surface area contributed by atoms with Crippen molar-refractivity contribution in [1.29, 1.82) is 0 Å². The fourth-order valence-electron chi connectivity index (χ4n) is 3.37. The molecule has 2 rings (SSSR count). The molecular formula is C23H35IN4O2S. The predicted molar refractivity (Wildman–Crippen MR) is 140 cm³/mol. The van der Waals surface area contributed by atoms with Crippen molar-refractivity contribution in [3.63, 3.8) is 0 Å². The van der Waals surface area contributed by atoms with Gasteiger partial charge in [0.15, 0.2) is 15.8 Å². The van der Waals surface area contributed by atoms with Crippen LogP contribution in [0.1, 0.15) is 36.1 Å². The van der Waals surface area contributed by atoms with Gasteiger partial charge in [0.2, 0.25) is 0 Å². The Hall–Kier alpha value is -1.65. The van der Waals surface area contributed by atoms with Gasteiger partial charge in [-0.15, -0.1) is 24.0 Å². The molecule has 31 heavy (non-hydrogen) atoms. The van der Waals surface area contributed by atoms with E-state index in [1.54, 1.807) is 13.1 Å². The molecule has 0 aromatic heterocycles. The standard InChI is InChI=1S/C23H34N4O2S.HI/c1-6-27(7-2)17-21-10-8-9-19(14-21)15-25-23(24-4)26-16-20-11-12-22(18(3)13-20)30(5,28)29;/h8-14H,6-7,15-17H2,1-5H3,(H2,24,25,26);1H. The Morgan fingerprint density at radius 3 is 2.06 bits per heavy atom. The van der Waals surface area contributed by atoms with Crippen molar-refractivity contribution in [2.24, 2.45) is 4.99 Å². The van der Waals surface area contributed by atoms with Crippen LogP contribution >= 0.6 is 24.0 Å². The van der Waals surface area contributed by atoms with Crippen LogP contribution in [0.25, 0.3) is 0 Å². The fourth-order valence-corrected chi connectivity index (χ4v) is 4.33. The maximum atomic E-state index is 11.8. The molecule has 172 valence electrons. The van der Waals surface area contributed by atoms with Crippen molar-refractivity contribution >= 4 is 39.8 Å². The van der Waals surface area contributed by atoms with Gasteiger partial charge >= 0.3 is 0 Å². The van der Waals surface area contributed by atoms with Gasteiger partial charge in [0, 0.05) is 32.9 Å². The first kappa shape index (κ1) is 27.4. The van der Waals surface area contributed by atoms with Crippen LogP contribution in [0.4, 0.5) is 0 Å².